The zero-order chi connectivity index (χ0) is 19.7. The van der Waals surface area contributed by atoms with Gasteiger partial charge >= 0.3 is 5.69 Å². The summed E-state index contributed by atoms with van der Waals surface area (Å²) in [5.74, 6) is -0.238. The Morgan fingerprint density at radius 2 is 1.82 bits per heavy atom. The third kappa shape index (κ3) is 3.57. The maximum Gasteiger partial charge on any atom is 0.326 e. The number of carbonyl (C=O) groups excluding carboxylic acids is 1. The van der Waals surface area contributed by atoms with E-state index in [1.807, 2.05) is 42.5 Å². The summed E-state index contributed by atoms with van der Waals surface area (Å²) in [6, 6.07) is 19.9. The van der Waals surface area contributed by atoms with Gasteiger partial charge in [0.2, 0.25) is 0 Å². The first kappa shape index (κ1) is 18.1. The molecular weight excluding hydrogens is 420 g/mol. The molecule has 0 aliphatic heterocycles. The standard InChI is InChI=1S/C21H17BrN4O2/c22-15-9-10-18-19(11-15)26(21(28)25-18)12-13-5-7-14(8-6-13)20(27)24-17-4-2-1-3-16(17)23/h1-11H,12,23H2,(H,24,27)(H,25,28). The quantitative estimate of drug-likeness (QED) is 0.422. The van der Waals surface area contributed by atoms with Crippen LogP contribution < -0.4 is 16.7 Å². The number of benzene rings is 3. The lowest BCUT2D eigenvalue weighted by atomic mass is 10.1. The number of para-hydroxylation sites is 2. The lowest BCUT2D eigenvalue weighted by Crippen LogP contribution is -2.17. The first-order chi connectivity index (χ1) is 13.5. The minimum absolute atomic E-state index is 0.172. The van der Waals surface area contributed by atoms with Crippen molar-refractivity contribution < 1.29 is 4.79 Å². The second kappa shape index (κ2) is 7.36. The minimum atomic E-state index is -0.238. The van der Waals surface area contributed by atoms with Crippen molar-refractivity contribution in [2.45, 2.75) is 6.54 Å². The number of H-pyrrole nitrogens is 1. The van der Waals surface area contributed by atoms with Crippen LogP contribution in [0.1, 0.15) is 15.9 Å². The molecule has 28 heavy (non-hydrogen) atoms. The summed E-state index contributed by atoms with van der Waals surface area (Å²) in [6.45, 7) is 0.406. The van der Waals surface area contributed by atoms with Crippen LogP contribution in [0.3, 0.4) is 0 Å². The molecule has 4 aromatic rings. The SMILES string of the molecule is Nc1ccccc1NC(=O)c1ccc(Cn2c(=O)[nH]c3ccc(Br)cc32)cc1. The summed E-state index contributed by atoms with van der Waals surface area (Å²) in [5.41, 5.74) is 9.81. The van der Waals surface area contributed by atoms with E-state index < -0.39 is 0 Å². The van der Waals surface area contributed by atoms with E-state index >= 15 is 0 Å². The van der Waals surface area contributed by atoms with Crippen LogP contribution >= 0.6 is 15.9 Å². The number of imidazole rings is 1. The van der Waals surface area contributed by atoms with Crippen molar-refractivity contribution in [3.05, 3.63) is 92.8 Å². The first-order valence-corrected chi connectivity index (χ1v) is 9.43. The molecule has 6 nitrogen and oxygen atoms in total. The molecule has 7 heteroatoms. The van der Waals surface area contributed by atoms with Gasteiger partial charge in [0.25, 0.3) is 5.91 Å². The summed E-state index contributed by atoms with van der Waals surface area (Å²) in [4.78, 5) is 27.6. The van der Waals surface area contributed by atoms with Crippen molar-refractivity contribution in [3.8, 4) is 0 Å². The number of aromatic nitrogens is 2. The Morgan fingerprint density at radius 3 is 2.57 bits per heavy atom. The number of anilines is 2. The summed E-state index contributed by atoms with van der Waals surface area (Å²) in [6.07, 6.45) is 0. The van der Waals surface area contributed by atoms with E-state index in [9.17, 15) is 9.59 Å². The molecule has 4 rings (SSSR count). The number of halogens is 1. The second-order valence-electron chi connectivity index (χ2n) is 6.42. The van der Waals surface area contributed by atoms with E-state index in [-0.39, 0.29) is 11.6 Å². The molecular formula is C21H17BrN4O2. The fourth-order valence-electron chi connectivity index (χ4n) is 3.03. The lowest BCUT2D eigenvalue weighted by Gasteiger charge is -2.09. The Bertz CT molecular complexity index is 1230. The average Bonchev–Trinajstić information content (AvgIpc) is 2.99. The van der Waals surface area contributed by atoms with Gasteiger partial charge in [0.1, 0.15) is 0 Å². The molecule has 140 valence electrons. The number of fused-ring (bicyclic) bond motifs is 1. The third-order valence-corrected chi connectivity index (χ3v) is 5.00. The maximum absolute atomic E-state index is 12.4. The van der Waals surface area contributed by atoms with E-state index in [2.05, 4.69) is 26.2 Å². The van der Waals surface area contributed by atoms with Gasteiger partial charge in [-0.15, -0.1) is 0 Å². The molecule has 0 saturated heterocycles. The van der Waals surface area contributed by atoms with Gasteiger partial charge in [-0.05, 0) is 48.0 Å². The highest BCUT2D eigenvalue weighted by Crippen LogP contribution is 2.20. The zero-order valence-corrected chi connectivity index (χ0v) is 16.4. The van der Waals surface area contributed by atoms with Crippen molar-refractivity contribution in [1.29, 1.82) is 0 Å². The highest BCUT2D eigenvalue weighted by atomic mass is 79.9. The molecule has 4 N–H and O–H groups in total. The van der Waals surface area contributed by atoms with Crippen molar-refractivity contribution >= 4 is 44.2 Å². The van der Waals surface area contributed by atoms with Gasteiger partial charge in [-0.2, -0.15) is 0 Å². The Hall–Kier alpha value is -3.32. The number of amides is 1. The summed E-state index contributed by atoms with van der Waals surface area (Å²) in [5, 5.41) is 2.80. The normalized spacial score (nSPS) is 10.9. The fraction of sp³-hybridized carbons (Fsp3) is 0.0476. The van der Waals surface area contributed by atoms with E-state index in [4.69, 9.17) is 5.73 Å². The smallest absolute Gasteiger partial charge is 0.326 e. The number of hydrogen-bond donors (Lipinski definition) is 3. The number of carbonyl (C=O) groups is 1. The molecule has 0 saturated carbocycles. The third-order valence-electron chi connectivity index (χ3n) is 4.50. The lowest BCUT2D eigenvalue weighted by molar-refractivity contribution is 0.102. The van der Waals surface area contributed by atoms with E-state index in [1.165, 1.54) is 0 Å². The van der Waals surface area contributed by atoms with E-state index in [0.29, 0.717) is 23.5 Å². The Kier molecular flexibility index (Phi) is 4.75. The van der Waals surface area contributed by atoms with Crippen LogP contribution in [0.15, 0.2) is 76.0 Å². The van der Waals surface area contributed by atoms with Crippen LogP contribution in [-0.2, 0) is 6.54 Å². The molecule has 0 aliphatic rings. The number of aromatic amines is 1. The first-order valence-electron chi connectivity index (χ1n) is 8.64. The van der Waals surface area contributed by atoms with Crippen molar-refractivity contribution in [2.75, 3.05) is 11.1 Å². The molecule has 0 radical (unpaired) electrons. The fourth-order valence-corrected chi connectivity index (χ4v) is 3.38. The van der Waals surface area contributed by atoms with Gasteiger partial charge in [0.05, 0.1) is 29.0 Å². The minimum Gasteiger partial charge on any atom is -0.397 e. The monoisotopic (exact) mass is 436 g/mol. The van der Waals surface area contributed by atoms with Crippen LogP contribution in [0.25, 0.3) is 11.0 Å². The van der Waals surface area contributed by atoms with E-state index in [1.54, 1.807) is 28.8 Å². The van der Waals surface area contributed by atoms with Gasteiger partial charge in [-0.3, -0.25) is 9.36 Å². The number of nitrogen functional groups attached to an aromatic ring is 1. The predicted octanol–water partition coefficient (Wildman–Crippen LogP) is 3.97. The molecule has 0 spiro atoms. The highest BCUT2D eigenvalue weighted by Gasteiger charge is 2.10. The number of nitrogens with one attached hydrogen (secondary N) is 2. The van der Waals surface area contributed by atoms with E-state index in [0.717, 1.165) is 21.1 Å². The molecule has 0 bridgehead atoms. The summed E-state index contributed by atoms with van der Waals surface area (Å²) < 4.78 is 2.57. The average molecular weight is 437 g/mol. The molecule has 0 unspecified atom stereocenters. The van der Waals surface area contributed by atoms with Crippen LogP contribution in [0.4, 0.5) is 11.4 Å². The number of rotatable bonds is 4. The summed E-state index contributed by atoms with van der Waals surface area (Å²) >= 11 is 3.44. The van der Waals surface area contributed by atoms with Gasteiger partial charge in [-0.25, -0.2) is 4.79 Å². The predicted molar refractivity (Wildman–Crippen MR) is 115 cm³/mol. The summed E-state index contributed by atoms with van der Waals surface area (Å²) in [7, 11) is 0. The molecule has 0 atom stereocenters. The van der Waals surface area contributed by atoms with Crippen LogP contribution in [-0.4, -0.2) is 15.5 Å². The van der Waals surface area contributed by atoms with Gasteiger partial charge in [-0.1, -0.05) is 40.2 Å². The second-order valence-corrected chi connectivity index (χ2v) is 7.33. The number of nitrogens with zero attached hydrogens (tertiary/aromatic N) is 1. The van der Waals surface area contributed by atoms with Gasteiger partial charge in [0.15, 0.2) is 0 Å². The molecule has 1 heterocycles. The Morgan fingerprint density at radius 1 is 1.07 bits per heavy atom. The largest absolute Gasteiger partial charge is 0.397 e. The molecule has 1 aromatic heterocycles. The zero-order valence-electron chi connectivity index (χ0n) is 14.8. The maximum atomic E-state index is 12.4. The van der Waals surface area contributed by atoms with Crippen LogP contribution in [0.5, 0.6) is 0 Å². The van der Waals surface area contributed by atoms with Crippen molar-refractivity contribution in [2.24, 2.45) is 0 Å². The number of hydrogen-bond acceptors (Lipinski definition) is 3. The van der Waals surface area contributed by atoms with Crippen molar-refractivity contribution in [3.63, 3.8) is 0 Å². The highest BCUT2D eigenvalue weighted by molar-refractivity contribution is 9.10. The molecule has 1 amide bonds. The topological polar surface area (TPSA) is 92.9 Å². The van der Waals surface area contributed by atoms with Gasteiger partial charge in [0, 0.05) is 10.0 Å². The van der Waals surface area contributed by atoms with Gasteiger partial charge < -0.3 is 16.0 Å². The molecule has 0 fully saturated rings. The van der Waals surface area contributed by atoms with Crippen molar-refractivity contribution in [1.82, 2.24) is 9.55 Å². The Balaban J connectivity index is 1.55. The molecule has 0 aliphatic carbocycles. The van der Waals surface area contributed by atoms with Crippen LogP contribution in [0, 0.1) is 0 Å². The van der Waals surface area contributed by atoms with Crippen LogP contribution in [0.2, 0.25) is 0 Å². The number of nitrogens with two attached hydrogens (primary N) is 1. The molecule has 3 aromatic carbocycles. The Labute approximate surface area is 169 Å².